The number of fused-ring (bicyclic) bond motifs is 1. The van der Waals surface area contributed by atoms with E-state index in [1.54, 1.807) is 37.1 Å². The van der Waals surface area contributed by atoms with Crippen LogP contribution in [0.5, 0.6) is 11.5 Å². The molecule has 9 heteroatoms. The average Bonchev–Trinajstić information content (AvgIpc) is 2.93. The van der Waals surface area contributed by atoms with Crippen LogP contribution < -0.4 is 14.5 Å². The molecule has 9 nitrogen and oxygen atoms in total. The lowest BCUT2D eigenvalue weighted by Crippen LogP contribution is -2.50. The smallest absolute Gasteiger partial charge is 0.414 e. The van der Waals surface area contributed by atoms with Crippen molar-refractivity contribution in [1.29, 1.82) is 0 Å². The van der Waals surface area contributed by atoms with Crippen molar-refractivity contribution in [2.75, 3.05) is 38.2 Å². The Kier molecular flexibility index (Phi) is 7.32. The van der Waals surface area contributed by atoms with Gasteiger partial charge in [0.15, 0.2) is 5.75 Å². The van der Waals surface area contributed by atoms with Crippen molar-refractivity contribution in [3.05, 3.63) is 53.6 Å². The Labute approximate surface area is 216 Å². The SMILES string of the molecule is COc1cc(ON2CCC(C(C)=O)CC2)ccc1C(=O)N1CCC(N2C(=O)OCc3ccccc32)CC1. The molecule has 2 aromatic rings. The van der Waals surface area contributed by atoms with Crippen LogP contribution in [-0.4, -0.2) is 67.1 Å². The van der Waals surface area contributed by atoms with Crippen LogP contribution in [0.3, 0.4) is 0 Å². The Morgan fingerprint density at radius 2 is 1.70 bits per heavy atom. The molecule has 2 fully saturated rings. The molecule has 0 atom stereocenters. The van der Waals surface area contributed by atoms with Crippen LogP contribution in [0.1, 0.15) is 48.5 Å². The highest BCUT2D eigenvalue weighted by molar-refractivity contribution is 5.97. The average molecular weight is 508 g/mol. The van der Waals surface area contributed by atoms with Crippen LogP contribution in [0.25, 0.3) is 0 Å². The summed E-state index contributed by atoms with van der Waals surface area (Å²) < 4.78 is 10.9. The molecule has 0 saturated carbocycles. The van der Waals surface area contributed by atoms with Gasteiger partial charge in [-0.05, 0) is 50.8 Å². The summed E-state index contributed by atoms with van der Waals surface area (Å²) in [5.74, 6) is 1.28. The number of ketones is 1. The van der Waals surface area contributed by atoms with Crippen LogP contribution in [0.2, 0.25) is 0 Å². The normalized spacial score (nSPS) is 19.2. The van der Waals surface area contributed by atoms with Crippen molar-refractivity contribution >= 4 is 23.5 Å². The number of carbonyl (C=O) groups excluding carboxylic acids is 3. The minimum absolute atomic E-state index is 0.0252. The largest absolute Gasteiger partial charge is 0.496 e. The summed E-state index contributed by atoms with van der Waals surface area (Å²) in [4.78, 5) is 47.1. The Hall–Kier alpha value is -3.59. The lowest BCUT2D eigenvalue weighted by Gasteiger charge is -2.40. The number of likely N-dealkylation sites (tertiary alicyclic amines) is 1. The molecule has 3 heterocycles. The highest BCUT2D eigenvalue weighted by Gasteiger charge is 2.35. The number of hydrogen-bond acceptors (Lipinski definition) is 7. The summed E-state index contributed by atoms with van der Waals surface area (Å²) in [7, 11) is 1.54. The van der Waals surface area contributed by atoms with Gasteiger partial charge in [0.1, 0.15) is 18.1 Å². The number of para-hydroxylation sites is 1. The second kappa shape index (κ2) is 10.8. The predicted octanol–water partition coefficient (Wildman–Crippen LogP) is 4.05. The summed E-state index contributed by atoms with van der Waals surface area (Å²) in [6.07, 6.45) is 2.55. The van der Waals surface area contributed by atoms with Crippen molar-refractivity contribution in [1.82, 2.24) is 9.96 Å². The molecule has 5 rings (SSSR count). The third-order valence-electron chi connectivity index (χ3n) is 7.58. The molecule has 2 saturated heterocycles. The Morgan fingerprint density at radius 3 is 2.41 bits per heavy atom. The zero-order valence-electron chi connectivity index (χ0n) is 21.4. The first-order chi connectivity index (χ1) is 17.9. The molecule has 0 radical (unpaired) electrons. The number of nitrogens with zero attached hydrogens (tertiary/aromatic N) is 3. The lowest BCUT2D eigenvalue weighted by molar-refractivity contribution is -0.127. The first kappa shape index (κ1) is 25.1. The van der Waals surface area contributed by atoms with Gasteiger partial charge in [-0.25, -0.2) is 4.79 Å². The van der Waals surface area contributed by atoms with Crippen LogP contribution in [0.4, 0.5) is 10.5 Å². The fraction of sp³-hybridized carbons (Fsp3) is 0.464. The van der Waals surface area contributed by atoms with E-state index in [0.29, 0.717) is 62.7 Å². The number of Topliss-reactive ketones (excluding diaryl/α,β-unsaturated/α-hetero) is 1. The number of methoxy groups -OCH3 is 1. The number of rotatable bonds is 6. The number of carbonyl (C=O) groups is 3. The molecule has 0 bridgehead atoms. The molecule has 37 heavy (non-hydrogen) atoms. The van der Waals surface area contributed by atoms with Crippen molar-refractivity contribution < 1.29 is 28.7 Å². The molecule has 3 aliphatic heterocycles. The Morgan fingerprint density at radius 1 is 0.973 bits per heavy atom. The van der Waals surface area contributed by atoms with E-state index in [9.17, 15) is 14.4 Å². The zero-order valence-corrected chi connectivity index (χ0v) is 21.4. The predicted molar refractivity (Wildman–Crippen MR) is 137 cm³/mol. The van der Waals surface area contributed by atoms with E-state index in [4.69, 9.17) is 14.3 Å². The fourth-order valence-corrected chi connectivity index (χ4v) is 5.43. The number of cyclic esters (lactones) is 1. The standard InChI is InChI=1S/C28H33N3O6/c1-19(32)20-9-15-30(16-10-20)37-23-7-8-24(26(17-23)35-2)27(33)29-13-11-22(12-14-29)31-25-6-4-3-5-21(25)18-36-28(31)34/h3-8,17,20,22H,9-16,18H2,1-2H3. The van der Waals surface area contributed by atoms with E-state index in [-0.39, 0.29) is 29.7 Å². The second-order valence-electron chi connectivity index (χ2n) is 9.84. The summed E-state index contributed by atoms with van der Waals surface area (Å²) in [5.41, 5.74) is 2.37. The number of benzene rings is 2. The number of amides is 2. The van der Waals surface area contributed by atoms with E-state index >= 15 is 0 Å². The number of ether oxygens (including phenoxy) is 2. The highest BCUT2D eigenvalue weighted by Crippen LogP contribution is 2.33. The Bertz CT molecular complexity index is 1170. The molecule has 196 valence electrons. The molecule has 3 aliphatic rings. The molecule has 0 N–H and O–H groups in total. The van der Waals surface area contributed by atoms with Gasteiger partial charge in [0.2, 0.25) is 0 Å². The zero-order chi connectivity index (χ0) is 25.9. The topological polar surface area (TPSA) is 88.6 Å². The van der Waals surface area contributed by atoms with Gasteiger partial charge in [0, 0.05) is 49.8 Å². The van der Waals surface area contributed by atoms with E-state index < -0.39 is 0 Å². The number of hydroxylamine groups is 2. The summed E-state index contributed by atoms with van der Waals surface area (Å²) in [5, 5.41) is 1.85. The van der Waals surface area contributed by atoms with Crippen LogP contribution >= 0.6 is 0 Å². The van der Waals surface area contributed by atoms with Crippen molar-refractivity contribution in [3.63, 3.8) is 0 Å². The minimum atomic E-state index is -0.328. The summed E-state index contributed by atoms with van der Waals surface area (Å²) >= 11 is 0. The van der Waals surface area contributed by atoms with Crippen LogP contribution in [0.15, 0.2) is 42.5 Å². The molecule has 0 aromatic heterocycles. The summed E-state index contributed by atoms with van der Waals surface area (Å²) in [6.45, 7) is 4.35. The molecule has 0 spiro atoms. The van der Waals surface area contributed by atoms with Crippen LogP contribution in [0, 0.1) is 5.92 Å². The third kappa shape index (κ3) is 5.27. The third-order valence-corrected chi connectivity index (χ3v) is 7.58. The second-order valence-corrected chi connectivity index (χ2v) is 9.84. The molecular weight excluding hydrogens is 474 g/mol. The van der Waals surface area contributed by atoms with Gasteiger partial charge in [-0.1, -0.05) is 18.2 Å². The number of hydrogen-bond donors (Lipinski definition) is 0. The maximum Gasteiger partial charge on any atom is 0.414 e. The first-order valence-corrected chi connectivity index (χ1v) is 12.9. The highest BCUT2D eigenvalue weighted by atomic mass is 16.7. The Balaban J connectivity index is 1.21. The maximum atomic E-state index is 13.4. The van der Waals surface area contributed by atoms with E-state index in [0.717, 1.165) is 24.1 Å². The number of piperidine rings is 2. The molecule has 0 unspecified atom stereocenters. The minimum Gasteiger partial charge on any atom is -0.496 e. The maximum absolute atomic E-state index is 13.4. The monoisotopic (exact) mass is 507 g/mol. The molecule has 2 aromatic carbocycles. The van der Waals surface area contributed by atoms with Crippen LogP contribution in [-0.2, 0) is 16.1 Å². The van der Waals surface area contributed by atoms with Crippen molar-refractivity contribution in [2.24, 2.45) is 5.92 Å². The van der Waals surface area contributed by atoms with Gasteiger partial charge < -0.3 is 19.2 Å². The fourth-order valence-electron chi connectivity index (χ4n) is 5.43. The summed E-state index contributed by atoms with van der Waals surface area (Å²) in [6, 6.07) is 13.0. The van der Waals surface area contributed by atoms with E-state index in [1.165, 1.54) is 0 Å². The van der Waals surface area contributed by atoms with Gasteiger partial charge in [-0.2, -0.15) is 0 Å². The van der Waals surface area contributed by atoms with E-state index in [1.807, 2.05) is 34.2 Å². The molecule has 0 aliphatic carbocycles. The van der Waals surface area contributed by atoms with E-state index in [2.05, 4.69) is 0 Å². The van der Waals surface area contributed by atoms with Gasteiger partial charge >= 0.3 is 6.09 Å². The van der Waals surface area contributed by atoms with Crippen molar-refractivity contribution in [2.45, 2.75) is 45.3 Å². The van der Waals surface area contributed by atoms with Gasteiger partial charge in [-0.15, -0.1) is 5.06 Å². The van der Waals surface area contributed by atoms with Gasteiger partial charge in [0.25, 0.3) is 5.91 Å². The molecule has 2 amide bonds. The van der Waals surface area contributed by atoms with Gasteiger partial charge in [0.05, 0.1) is 18.4 Å². The molecular formula is C28H33N3O6. The van der Waals surface area contributed by atoms with Gasteiger partial charge in [-0.3, -0.25) is 14.5 Å². The first-order valence-electron chi connectivity index (χ1n) is 12.9. The lowest BCUT2D eigenvalue weighted by atomic mass is 9.94. The quantitative estimate of drug-likeness (QED) is 0.583. The van der Waals surface area contributed by atoms with Crippen molar-refractivity contribution in [3.8, 4) is 11.5 Å². The number of anilines is 1.